The van der Waals surface area contributed by atoms with Crippen LogP contribution in [0.1, 0.15) is 72.6 Å². The van der Waals surface area contributed by atoms with Gasteiger partial charge in [0.1, 0.15) is 0 Å². The van der Waals surface area contributed by atoms with E-state index in [0.717, 1.165) is 25.7 Å². The zero-order valence-corrected chi connectivity index (χ0v) is 16.3. The molecule has 25 heavy (non-hydrogen) atoms. The lowest BCUT2D eigenvalue weighted by molar-refractivity contribution is -0.187. The summed E-state index contributed by atoms with van der Waals surface area (Å²) >= 11 is 0. The standard InChI is InChI=1S/C22H34O3/c1-14-12-22-11-8-17-20(3,13-25-15(2)23)9-5-10-21(17,4)18(22)7-6-16(14)19(22)24/h12,16-19,24H,5-11,13H2,1-4H3/t16-,17-,18+,19?,20+,21-,22+/m1/s1. The van der Waals surface area contributed by atoms with Crippen molar-refractivity contribution in [2.24, 2.45) is 34.0 Å². The van der Waals surface area contributed by atoms with E-state index in [4.69, 9.17) is 4.74 Å². The number of hydrogen-bond acceptors (Lipinski definition) is 3. The van der Waals surface area contributed by atoms with Crippen LogP contribution in [0.5, 0.6) is 0 Å². The van der Waals surface area contributed by atoms with Gasteiger partial charge in [-0.25, -0.2) is 0 Å². The SMILES string of the molecule is CC(=O)OC[C@]1(C)CCC[C@]2(C)[C@@H]1CC[C@]13C=C(C)[C@@H](CC[C@@H]21)C3O. The average molecular weight is 347 g/mol. The van der Waals surface area contributed by atoms with Gasteiger partial charge in [0.15, 0.2) is 0 Å². The molecule has 2 bridgehead atoms. The predicted octanol–water partition coefficient (Wildman–Crippen LogP) is 4.49. The highest BCUT2D eigenvalue weighted by atomic mass is 16.5. The Morgan fingerprint density at radius 1 is 1.20 bits per heavy atom. The molecule has 3 nitrogen and oxygen atoms in total. The van der Waals surface area contributed by atoms with Crippen molar-refractivity contribution in [2.75, 3.05) is 6.61 Å². The van der Waals surface area contributed by atoms with Crippen molar-refractivity contribution in [3.05, 3.63) is 11.6 Å². The molecule has 0 saturated heterocycles. The first-order chi connectivity index (χ1) is 11.7. The third-order valence-electron chi connectivity index (χ3n) is 8.80. The quantitative estimate of drug-likeness (QED) is 0.592. The van der Waals surface area contributed by atoms with E-state index in [1.807, 2.05) is 0 Å². The minimum atomic E-state index is -0.175. The van der Waals surface area contributed by atoms with E-state index in [1.54, 1.807) is 0 Å². The number of carbonyl (C=O) groups is 1. The molecule has 0 aromatic heterocycles. The highest BCUT2D eigenvalue weighted by molar-refractivity contribution is 5.65. The van der Waals surface area contributed by atoms with Gasteiger partial charge >= 0.3 is 5.97 Å². The van der Waals surface area contributed by atoms with E-state index in [0.29, 0.717) is 24.4 Å². The highest BCUT2D eigenvalue weighted by Gasteiger charge is 2.65. The van der Waals surface area contributed by atoms with Crippen molar-refractivity contribution in [2.45, 2.75) is 78.7 Å². The smallest absolute Gasteiger partial charge is 0.302 e. The van der Waals surface area contributed by atoms with Crippen LogP contribution in [0.4, 0.5) is 0 Å². The van der Waals surface area contributed by atoms with Gasteiger partial charge in [-0.05, 0) is 62.7 Å². The Bertz CT molecular complexity index is 610. The molecule has 3 heteroatoms. The molecule has 1 N–H and O–H groups in total. The Balaban J connectivity index is 1.69. The maximum atomic E-state index is 11.4. The molecule has 0 amide bonds. The first kappa shape index (κ1) is 17.6. The molecule has 140 valence electrons. The largest absolute Gasteiger partial charge is 0.465 e. The van der Waals surface area contributed by atoms with E-state index in [9.17, 15) is 9.90 Å². The van der Waals surface area contributed by atoms with E-state index in [1.165, 1.54) is 31.8 Å². The minimum absolute atomic E-state index is 0.0118. The van der Waals surface area contributed by atoms with Crippen LogP contribution in [0.3, 0.4) is 0 Å². The summed E-state index contributed by atoms with van der Waals surface area (Å²) in [5, 5.41) is 11.2. The first-order valence-electron chi connectivity index (χ1n) is 10.2. The molecule has 4 aliphatic carbocycles. The van der Waals surface area contributed by atoms with Crippen molar-refractivity contribution in [1.82, 2.24) is 0 Å². The van der Waals surface area contributed by atoms with Crippen LogP contribution in [0.2, 0.25) is 0 Å². The summed E-state index contributed by atoms with van der Waals surface area (Å²) in [7, 11) is 0. The summed E-state index contributed by atoms with van der Waals surface area (Å²) < 4.78 is 5.51. The number of fused-ring (bicyclic) bond motifs is 3. The second-order valence-corrected chi connectivity index (χ2v) is 10.1. The molecule has 4 aliphatic rings. The van der Waals surface area contributed by atoms with Crippen LogP contribution in [-0.4, -0.2) is 23.8 Å². The minimum Gasteiger partial charge on any atom is -0.465 e. The average Bonchev–Trinajstić information content (AvgIpc) is 2.68. The van der Waals surface area contributed by atoms with Gasteiger partial charge in [-0.2, -0.15) is 0 Å². The fourth-order valence-electron chi connectivity index (χ4n) is 7.83. The number of hydrogen-bond donors (Lipinski definition) is 1. The molecule has 0 heterocycles. The van der Waals surface area contributed by atoms with Crippen molar-refractivity contribution in [1.29, 1.82) is 0 Å². The fourth-order valence-corrected chi connectivity index (χ4v) is 7.83. The summed E-state index contributed by atoms with van der Waals surface area (Å²) in [6.07, 6.45) is 10.5. The van der Waals surface area contributed by atoms with Crippen LogP contribution in [0.15, 0.2) is 11.6 Å². The van der Waals surface area contributed by atoms with Gasteiger partial charge in [0, 0.05) is 23.7 Å². The van der Waals surface area contributed by atoms with Crippen molar-refractivity contribution in [3.8, 4) is 0 Å². The fraction of sp³-hybridized carbons (Fsp3) is 0.864. The molecule has 0 radical (unpaired) electrons. The zero-order valence-electron chi connectivity index (χ0n) is 16.3. The van der Waals surface area contributed by atoms with Crippen LogP contribution < -0.4 is 0 Å². The third-order valence-corrected chi connectivity index (χ3v) is 8.80. The summed E-state index contributed by atoms with van der Waals surface area (Å²) in [6, 6.07) is 0. The molecule has 1 unspecified atom stereocenters. The third kappa shape index (κ3) is 2.30. The van der Waals surface area contributed by atoms with Gasteiger partial charge < -0.3 is 9.84 Å². The molecule has 1 spiro atoms. The first-order valence-corrected chi connectivity index (χ1v) is 10.2. The highest BCUT2D eigenvalue weighted by Crippen LogP contribution is 2.70. The Hall–Kier alpha value is -0.830. The van der Waals surface area contributed by atoms with Gasteiger partial charge in [-0.1, -0.05) is 31.9 Å². The normalized spacial score (nSPS) is 51.3. The summed E-state index contributed by atoms with van der Waals surface area (Å²) in [5.41, 5.74) is 1.77. The Morgan fingerprint density at radius 3 is 2.68 bits per heavy atom. The molecule has 7 atom stereocenters. The van der Waals surface area contributed by atoms with Crippen LogP contribution in [0.25, 0.3) is 0 Å². The van der Waals surface area contributed by atoms with Crippen molar-refractivity contribution >= 4 is 5.97 Å². The van der Waals surface area contributed by atoms with Gasteiger partial charge in [0.25, 0.3) is 0 Å². The Labute approximate surface area is 152 Å². The summed E-state index contributed by atoms with van der Waals surface area (Å²) in [5.74, 6) is 1.39. The summed E-state index contributed by atoms with van der Waals surface area (Å²) in [4.78, 5) is 11.4. The van der Waals surface area contributed by atoms with E-state index < -0.39 is 0 Å². The molecular formula is C22H34O3. The van der Waals surface area contributed by atoms with Crippen molar-refractivity contribution < 1.29 is 14.6 Å². The van der Waals surface area contributed by atoms with E-state index >= 15 is 0 Å². The number of esters is 1. The Kier molecular flexibility index (Phi) is 3.92. The van der Waals surface area contributed by atoms with E-state index in [2.05, 4.69) is 26.8 Å². The molecule has 3 fully saturated rings. The van der Waals surface area contributed by atoms with Gasteiger partial charge in [-0.3, -0.25) is 4.79 Å². The maximum absolute atomic E-state index is 11.4. The lowest BCUT2D eigenvalue weighted by atomic mass is 9.40. The zero-order chi connectivity index (χ0) is 18.0. The molecule has 0 aliphatic heterocycles. The molecule has 3 saturated carbocycles. The Morgan fingerprint density at radius 2 is 1.96 bits per heavy atom. The van der Waals surface area contributed by atoms with Gasteiger partial charge in [0.05, 0.1) is 12.7 Å². The summed E-state index contributed by atoms with van der Waals surface area (Å²) in [6.45, 7) is 9.13. The van der Waals surface area contributed by atoms with Crippen LogP contribution >= 0.6 is 0 Å². The van der Waals surface area contributed by atoms with Crippen LogP contribution in [0, 0.1) is 34.0 Å². The van der Waals surface area contributed by atoms with Crippen molar-refractivity contribution in [3.63, 3.8) is 0 Å². The number of carbonyl (C=O) groups excluding carboxylic acids is 1. The molecule has 0 aromatic rings. The molecule has 4 rings (SSSR count). The van der Waals surface area contributed by atoms with Crippen LogP contribution in [-0.2, 0) is 9.53 Å². The maximum Gasteiger partial charge on any atom is 0.302 e. The predicted molar refractivity (Wildman–Crippen MR) is 97.8 cm³/mol. The number of rotatable bonds is 2. The monoisotopic (exact) mass is 346 g/mol. The lowest BCUT2D eigenvalue weighted by Crippen LogP contribution is -2.60. The number of ether oxygens (including phenoxy) is 1. The second kappa shape index (κ2) is 5.58. The number of aliphatic hydroxyl groups excluding tert-OH is 1. The van der Waals surface area contributed by atoms with Gasteiger partial charge in [0.2, 0.25) is 0 Å². The number of aliphatic hydroxyl groups is 1. The molecule has 0 aromatic carbocycles. The topological polar surface area (TPSA) is 46.5 Å². The van der Waals surface area contributed by atoms with E-state index in [-0.39, 0.29) is 28.3 Å². The second-order valence-electron chi connectivity index (χ2n) is 10.1. The lowest BCUT2D eigenvalue weighted by Gasteiger charge is -2.64. The molecular weight excluding hydrogens is 312 g/mol. The van der Waals surface area contributed by atoms with Gasteiger partial charge in [-0.15, -0.1) is 0 Å².